The second-order valence-electron chi connectivity index (χ2n) is 6.05. The third-order valence-corrected chi connectivity index (χ3v) is 4.43. The van der Waals surface area contributed by atoms with Gasteiger partial charge in [-0.25, -0.2) is 4.79 Å². The molecule has 0 bridgehead atoms. The molecule has 0 amide bonds. The van der Waals surface area contributed by atoms with Crippen molar-refractivity contribution in [2.45, 2.75) is 45.6 Å². The van der Waals surface area contributed by atoms with Crippen LogP contribution in [0.5, 0.6) is 0 Å². The summed E-state index contributed by atoms with van der Waals surface area (Å²) < 4.78 is 0. The van der Waals surface area contributed by atoms with E-state index in [-0.39, 0.29) is 5.92 Å². The molecule has 3 heteroatoms. The van der Waals surface area contributed by atoms with Gasteiger partial charge in [0.15, 0.2) is 0 Å². The van der Waals surface area contributed by atoms with E-state index in [1.54, 1.807) is 0 Å². The van der Waals surface area contributed by atoms with Crippen molar-refractivity contribution in [2.75, 3.05) is 5.32 Å². The minimum absolute atomic E-state index is 0.134. The first-order valence-electron chi connectivity index (χ1n) is 7.02. The van der Waals surface area contributed by atoms with Crippen molar-refractivity contribution in [1.82, 2.24) is 0 Å². The molecule has 104 valence electrons. The largest absolute Gasteiger partial charge is 0.479 e. The van der Waals surface area contributed by atoms with Gasteiger partial charge in [0, 0.05) is 5.69 Å². The Morgan fingerprint density at radius 2 is 1.95 bits per heavy atom. The summed E-state index contributed by atoms with van der Waals surface area (Å²) in [5.74, 6) is 0.0184. The van der Waals surface area contributed by atoms with Crippen LogP contribution in [0.1, 0.15) is 38.7 Å². The van der Waals surface area contributed by atoms with Gasteiger partial charge in [-0.15, -0.1) is 0 Å². The molecule has 3 unspecified atom stereocenters. The molecule has 2 rings (SSSR count). The second-order valence-corrected chi connectivity index (χ2v) is 6.05. The van der Waals surface area contributed by atoms with Crippen molar-refractivity contribution in [3.63, 3.8) is 0 Å². The molecule has 0 radical (unpaired) electrons. The average molecular weight is 261 g/mol. The van der Waals surface area contributed by atoms with Gasteiger partial charge in [0.05, 0.1) is 0 Å². The Hall–Kier alpha value is -1.51. The monoisotopic (exact) mass is 261 g/mol. The summed E-state index contributed by atoms with van der Waals surface area (Å²) in [5, 5.41) is 13.0. The van der Waals surface area contributed by atoms with E-state index in [9.17, 15) is 9.90 Å². The van der Waals surface area contributed by atoms with E-state index in [4.69, 9.17) is 0 Å². The molecular formula is C16H23NO2. The number of aryl methyl sites for hydroxylation is 1. The van der Waals surface area contributed by atoms with Crippen LogP contribution in [0.4, 0.5) is 5.69 Å². The molecule has 0 aliphatic heterocycles. The highest BCUT2D eigenvalue weighted by Gasteiger charge is 2.46. The molecule has 0 heterocycles. The maximum atomic E-state index is 11.8. The lowest BCUT2D eigenvalue weighted by Crippen LogP contribution is -2.54. The number of rotatable bonds is 3. The van der Waals surface area contributed by atoms with Crippen LogP contribution in [0.25, 0.3) is 0 Å². The summed E-state index contributed by atoms with van der Waals surface area (Å²) in [6.45, 7) is 6.28. The van der Waals surface area contributed by atoms with E-state index in [1.807, 2.05) is 38.1 Å². The zero-order valence-corrected chi connectivity index (χ0v) is 11.9. The molecule has 1 fully saturated rings. The number of carbonyl (C=O) groups is 1. The van der Waals surface area contributed by atoms with Crippen LogP contribution in [0.2, 0.25) is 0 Å². The topological polar surface area (TPSA) is 49.3 Å². The average Bonchev–Trinajstić information content (AvgIpc) is 2.35. The summed E-state index contributed by atoms with van der Waals surface area (Å²) in [6.07, 6.45) is 2.62. The van der Waals surface area contributed by atoms with Gasteiger partial charge in [-0.1, -0.05) is 31.5 Å². The number of hydrogen-bond acceptors (Lipinski definition) is 2. The van der Waals surface area contributed by atoms with Crippen LogP contribution < -0.4 is 5.32 Å². The molecule has 19 heavy (non-hydrogen) atoms. The Balaban J connectivity index is 2.25. The van der Waals surface area contributed by atoms with E-state index in [1.165, 1.54) is 5.56 Å². The first-order chi connectivity index (χ1) is 8.94. The summed E-state index contributed by atoms with van der Waals surface area (Å²) in [7, 11) is 0. The van der Waals surface area contributed by atoms with Crippen LogP contribution in [-0.4, -0.2) is 16.6 Å². The third-order valence-electron chi connectivity index (χ3n) is 4.43. The molecule has 1 saturated carbocycles. The van der Waals surface area contributed by atoms with E-state index in [2.05, 4.69) is 12.2 Å². The molecule has 3 nitrogen and oxygen atoms in total. The zero-order valence-electron chi connectivity index (χ0n) is 11.9. The highest BCUT2D eigenvalue weighted by molar-refractivity contribution is 5.83. The number of carboxylic acid groups (broad SMARTS) is 1. The van der Waals surface area contributed by atoms with Gasteiger partial charge in [0.1, 0.15) is 5.54 Å². The van der Waals surface area contributed by atoms with Gasteiger partial charge in [0.25, 0.3) is 0 Å². The molecule has 1 aromatic carbocycles. The quantitative estimate of drug-likeness (QED) is 0.872. The maximum Gasteiger partial charge on any atom is 0.329 e. The lowest BCUT2D eigenvalue weighted by Gasteiger charge is -2.42. The van der Waals surface area contributed by atoms with Crippen molar-refractivity contribution in [2.24, 2.45) is 11.8 Å². The number of carboxylic acids is 1. The van der Waals surface area contributed by atoms with Crippen LogP contribution in [-0.2, 0) is 4.79 Å². The van der Waals surface area contributed by atoms with E-state index in [0.29, 0.717) is 12.3 Å². The van der Waals surface area contributed by atoms with Gasteiger partial charge < -0.3 is 10.4 Å². The van der Waals surface area contributed by atoms with Crippen molar-refractivity contribution in [3.05, 3.63) is 29.8 Å². The number of hydrogen-bond donors (Lipinski definition) is 2. The first kappa shape index (κ1) is 13.9. The van der Waals surface area contributed by atoms with Crippen molar-refractivity contribution >= 4 is 11.7 Å². The fourth-order valence-electron chi connectivity index (χ4n) is 3.09. The molecule has 3 atom stereocenters. The van der Waals surface area contributed by atoms with Crippen molar-refractivity contribution in [3.8, 4) is 0 Å². The number of nitrogens with one attached hydrogen (secondary N) is 1. The third kappa shape index (κ3) is 2.75. The Kier molecular flexibility index (Phi) is 3.83. The summed E-state index contributed by atoms with van der Waals surface area (Å²) in [6, 6.07) is 7.94. The molecule has 1 aliphatic rings. The fraction of sp³-hybridized carbons (Fsp3) is 0.562. The van der Waals surface area contributed by atoms with Gasteiger partial charge in [0.2, 0.25) is 0 Å². The van der Waals surface area contributed by atoms with Crippen molar-refractivity contribution in [1.29, 1.82) is 0 Å². The number of aliphatic carboxylic acids is 1. The minimum atomic E-state index is -0.818. The normalized spacial score (nSPS) is 30.9. The molecule has 0 saturated heterocycles. The summed E-state index contributed by atoms with van der Waals surface area (Å²) in [5.41, 5.74) is 1.26. The first-order valence-corrected chi connectivity index (χ1v) is 7.02. The summed E-state index contributed by atoms with van der Waals surface area (Å²) in [4.78, 5) is 11.8. The number of anilines is 1. The highest BCUT2D eigenvalue weighted by atomic mass is 16.4. The molecule has 0 spiro atoms. The maximum absolute atomic E-state index is 11.8. The number of benzene rings is 1. The minimum Gasteiger partial charge on any atom is -0.479 e. The lowest BCUT2D eigenvalue weighted by atomic mass is 9.70. The molecule has 2 N–H and O–H groups in total. The predicted molar refractivity (Wildman–Crippen MR) is 77.3 cm³/mol. The molecule has 1 aromatic rings. The fourth-order valence-corrected chi connectivity index (χ4v) is 3.09. The smallest absolute Gasteiger partial charge is 0.329 e. The van der Waals surface area contributed by atoms with Crippen LogP contribution in [0, 0.1) is 18.8 Å². The van der Waals surface area contributed by atoms with E-state index >= 15 is 0 Å². The van der Waals surface area contributed by atoms with E-state index in [0.717, 1.165) is 18.5 Å². The van der Waals surface area contributed by atoms with Crippen LogP contribution in [0.3, 0.4) is 0 Å². The molecular weight excluding hydrogens is 238 g/mol. The Morgan fingerprint density at radius 3 is 2.47 bits per heavy atom. The Labute approximate surface area is 115 Å². The van der Waals surface area contributed by atoms with Crippen LogP contribution in [0.15, 0.2) is 24.3 Å². The van der Waals surface area contributed by atoms with Crippen molar-refractivity contribution < 1.29 is 9.90 Å². The van der Waals surface area contributed by atoms with Gasteiger partial charge in [-0.3, -0.25) is 0 Å². The Morgan fingerprint density at radius 1 is 1.32 bits per heavy atom. The molecule has 0 aromatic heterocycles. The lowest BCUT2D eigenvalue weighted by molar-refractivity contribution is -0.145. The SMILES string of the molecule is Cc1ccc(NC2(C(=O)O)CCC(C)CC2C)cc1. The Bertz CT molecular complexity index is 454. The molecule has 1 aliphatic carbocycles. The van der Waals surface area contributed by atoms with Gasteiger partial charge in [-0.05, 0) is 50.2 Å². The standard InChI is InChI=1S/C16H23NO2/c1-11-4-6-14(7-5-11)17-16(15(18)19)9-8-12(2)10-13(16)3/h4-7,12-13,17H,8-10H2,1-3H3,(H,18,19). The van der Waals surface area contributed by atoms with E-state index < -0.39 is 11.5 Å². The zero-order chi connectivity index (χ0) is 14.0. The summed E-state index contributed by atoms with van der Waals surface area (Å²) >= 11 is 0. The second kappa shape index (κ2) is 5.24. The van der Waals surface area contributed by atoms with Gasteiger partial charge >= 0.3 is 5.97 Å². The van der Waals surface area contributed by atoms with Gasteiger partial charge in [-0.2, -0.15) is 0 Å². The highest BCUT2D eigenvalue weighted by Crippen LogP contribution is 2.39. The predicted octanol–water partition coefficient (Wildman–Crippen LogP) is 3.69. The van der Waals surface area contributed by atoms with Crippen LogP contribution >= 0.6 is 0 Å².